The van der Waals surface area contributed by atoms with Gasteiger partial charge in [0.25, 0.3) is 0 Å². The van der Waals surface area contributed by atoms with E-state index < -0.39 is 0 Å². The first-order valence-corrected chi connectivity index (χ1v) is 11.9. The van der Waals surface area contributed by atoms with Crippen LogP contribution in [0.2, 0.25) is 0 Å². The van der Waals surface area contributed by atoms with Gasteiger partial charge in [0.2, 0.25) is 0 Å². The summed E-state index contributed by atoms with van der Waals surface area (Å²) in [6, 6.07) is 9.84. The van der Waals surface area contributed by atoms with Gasteiger partial charge in [-0.15, -0.1) is 0 Å². The van der Waals surface area contributed by atoms with Crippen molar-refractivity contribution in [3.05, 3.63) is 59.2 Å². The van der Waals surface area contributed by atoms with Gasteiger partial charge in [-0.3, -0.25) is 0 Å². The number of ether oxygens (including phenoxy) is 1. The largest absolute Gasteiger partial charge is 0.357 e. The average Bonchev–Trinajstić information content (AvgIpc) is 3.40. The molecule has 4 aromatic rings. The smallest absolute Gasteiger partial charge is 0.150 e. The summed E-state index contributed by atoms with van der Waals surface area (Å²) in [5.74, 6) is 0.165. The molecule has 5 rings (SSSR count). The second kappa shape index (κ2) is 9.07. The lowest BCUT2D eigenvalue weighted by Crippen LogP contribution is -2.18. The highest BCUT2D eigenvalue weighted by Crippen LogP contribution is 2.35. The molecule has 0 aliphatic carbocycles. The third kappa shape index (κ3) is 3.83. The minimum atomic E-state index is -0.173. The molecule has 1 aliphatic rings. The van der Waals surface area contributed by atoms with Gasteiger partial charge in [0.05, 0.1) is 11.0 Å². The standard InChI is InChI=1S/C25H28FN3O.C2H6/c1-15(2)22-13-20-17(4)25-18(14-28(27-25)24-7-5-6-10-30-24)12-23(20)29(22)19-8-9-21(26)16(3)11-19;1-2/h8-9,11-15,24H,5-7,10H2,1-4H3;1-2H3. The van der Waals surface area contributed by atoms with Crippen molar-refractivity contribution in [3.8, 4) is 5.69 Å². The summed E-state index contributed by atoms with van der Waals surface area (Å²) in [6.07, 6.45) is 5.44. The number of nitrogens with zero attached hydrogens (tertiary/aromatic N) is 3. The maximum absolute atomic E-state index is 13.9. The zero-order valence-electron chi connectivity index (χ0n) is 20.1. The Morgan fingerprint density at radius 1 is 1.09 bits per heavy atom. The molecule has 0 bridgehead atoms. The van der Waals surface area contributed by atoms with E-state index in [4.69, 9.17) is 9.84 Å². The molecule has 1 aliphatic heterocycles. The van der Waals surface area contributed by atoms with Gasteiger partial charge in [-0.2, -0.15) is 5.10 Å². The number of hydrogen-bond acceptors (Lipinski definition) is 2. The molecule has 0 amide bonds. The van der Waals surface area contributed by atoms with Gasteiger partial charge >= 0.3 is 0 Å². The minimum absolute atomic E-state index is 0.0259. The molecule has 4 nitrogen and oxygen atoms in total. The molecule has 5 heteroatoms. The van der Waals surface area contributed by atoms with Crippen molar-refractivity contribution in [2.45, 2.75) is 73.0 Å². The van der Waals surface area contributed by atoms with Crippen molar-refractivity contribution in [1.82, 2.24) is 14.3 Å². The van der Waals surface area contributed by atoms with Crippen LogP contribution in [0.5, 0.6) is 0 Å². The molecule has 1 unspecified atom stereocenters. The monoisotopic (exact) mass is 435 g/mol. The van der Waals surface area contributed by atoms with Crippen LogP contribution in [0.3, 0.4) is 0 Å². The van der Waals surface area contributed by atoms with E-state index in [1.165, 1.54) is 23.1 Å². The van der Waals surface area contributed by atoms with Crippen LogP contribution in [-0.2, 0) is 4.74 Å². The summed E-state index contributed by atoms with van der Waals surface area (Å²) < 4.78 is 24.1. The average molecular weight is 436 g/mol. The third-order valence-electron chi connectivity index (χ3n) is 6.32. The number of aryl methyl sites for hydroxylation is 2. The van der Waals surface area contributed by atoms with E-state index in [0.717, 1.165) is 41.6 Å². The molecule has 32 heavy (non-hydrogen) atoms. The lowest BCUT2D eigenvalue weighted by molar-refractivity contribution is -0.0390. The van der Waals surface area contributed by atoms with Gasteiger partial charge in [0.1, 0.15) is 12.0 Å². The van der Waals surface area contributed by atoms with Gasteiger partial charge in [-0.25, -0.2) is 9.07 Å². The second-order valence-electron chi connectivity index (χ2n) is 8.80. The highest BCUT2D eigenvalue weighted by atomic mass is 19.1. The van der Waals surface area contributed by atoms with Crippen molar-refractivity contribution in [2.75, 3.05) is 6.61 Å². The first-order valence-electron chi connectivity index (χ1n) is 11.9. The van der Waals surface area contributed by atoms with Gasteiger partial charge < -0.3 is 9.30 Å². The van der Waals surface area contributed by atoms with E-state index in [2.05, 4.69) is 43.7 Å². The number of halogens is 1. The minimum Gasteiger partial charge on any atom is -0.357 e. The Kier molecular flexibility index (Phi) is 6.38. The molecule has 1 atom stereocenters. The van der Waals surface area contributed by atoms with Crippen LogP contribution in [0.25, 0.3) is 27.5 Å². The molecule has 0 N–H and O–H groups in total. The van der Waals surface area contributed by atoms with Crippen molar-refractivity contribution < 1.29 is 9.13 Å². The summed E-state index contributed by atoms with van der Waals surface area (Å²) in [5, 5.41) is 7.21. The van der Waals surface area contributed by atoms with Gasteiger partial charge in [0.15, 0.2) is 0 Å². The summed E-state index contributed by atoms with van der Waals surface area (Å²) in [4.78, 5) is 0. The van der Waals surface area contributed by atoms with E-state index >= 15 is 0 Å². The molecule has 0 radical (unpaired) electrons. The van der Waals surface area contributed by atoms with Crippen LogP contribution in [0.15, 0.2) is 36.5 Å². The zero-order chi connectivity index (χ0) is 23.0. The number of hydrogen-bond donors (Lipinski definition) is 0. The van der Waals surface area contributed by atoms with Crippen molar-refractivity contribution in [2.24, 2.45) is 0 Å². The maximum atomic E-state index is 13.9. The van der Waals surface area contributed by atoms with Crippen molar-refractivity contribution in [3.63, 3.8) is 0 Å². The number of benzene rings is 2. The predicted molar refractivity (Wildman–Crippen MR) is 130 cm³/mol. The lowest BCUT2D eigenvalue weighted by atomic mass is 10.1. The van der Waals surface area contributed by atoms with Crippen LogP contribution in [0.4, 0.5) is 4.39 Å². The molecular formula is C27H34FN3O. The fourth-order valence-corrected chi connectivity index (χ4v) is 4.63. The van der Waals surface area contributed by atoms with Crippen LogP contribution < -0.4 is 0 Å². The molecular weight excluding hydrogens is 401 g/mol. The fraction of sp³-hybridized carbons (Fsp3) is 0.444. The van der Waals surface area contributed by atoms with E-state index in [1.54, 1.807) is 6.07 Å². The Hall–Kier alpha value is -2.66. The molecule has 3 heterocycles. The predicted octanol–water partition coefficient (Wildman–Crippen LogP) is 7.58. The molecule has 0 spiro atoms. The molecule has 0 saturated carbocycles. The SMILES string of the molecule is CC.Cc1cc(-n2c(C(C)C)cc3c(C)c4nn(C5CCCCO5)cc4cc32)ccc1F. The van der Waals surface area contributed by atoms with E-state index in [1.807, 2.05) is 37.6 Å². The Bertz CT molecular complexity index is 1250. The number of rotatable bonds is 3. The summed E-state index contributed by atoms with van der Waals surface area (Å²) in [5.41, 5.74) is 6.21. The first kappa shape index (κ1) is 22.5. The molecule has 170 valence electrons. The molecule has 1 fully saturated rings. The van der Waals surface area contributed by atoms with Gasteiger partial charge in [-0.05, 0) is 80.5 Å². The summed E-state index contributed by atoms with van der Waals surface area (Å²) in [6.45, 7) is 13.2. The van der Waals surface area contributed by atoms with Crippen molar-refractivity contribution >= 4 is 21.8 Å². The second-order valence-corrected chi connectivity index (χ2v) is 8.80. The van der Waals surface area contributed by atoms with Crippen LogP contribution in [0.1, 0.15) is 75.9 Å². The first-order chi connectivity index (χ1) is 15.4. The topological polar surface area (TPSA) is 32.0 Å². The highest BCUT2D eigenvalue weighted by molar-refractivity contribution is 6.00. The summed E-state index contributed by atoms with van der Waals surface area (Å²) in [7, 11) is 0. The molecule has 2 aromatic heterocycles. The number of aromatic nitrogens is 3. The highest BCUT2D eigenvalue weighted by Gasteiger charge is 2.21. The Morgan fingerprint density at radius 2 is 1.88 bits per heavy atom. The van der Waals surface area contributed by atoms with E-state index in [0.29, 0.717) is 11.5 Å². The van der Waals surface area contributed by atoms with Crippen LogP contribution in [0, 0.1) is 19.7 Å². The van der Waals surface area contributed by atoms with Crippen molar-refractivity contribution in [1.29, 1.82) is 0 Å². The lowest BCUT2D eigenvalue weighted by Gasteiger charge is -2.22. The Morgan fingerprint density at radius 3 is 2.53 bits per heavy atom. The normalized spacial score (nSPS) is 16.6. The Labute approximate surface area is 190 Å². The molecule has 2 aromatic carbocycles. The maximum Gasteiger partial charge on any atom is 0.150 e. The summed E-state index contributed by atoms with van der Waals surface area (Å²) >= 11 is 0. The van der Waals surface area contributed by atoms with Crippen LogP contribution in [-0.4, -0.2) is 21.0 Å². The van der Waals surface area contributed by atoms with Gasteiger partial charge in [-0.1, -0.05) is 27.7 Å². The van der Waals surface area contributed by atoms with E-state index in [9.17, 15) is 4.39 Å². The Balaban J connectivity index is 0.00000119. The quantitative estimate of drug-likeness (QED) is 0.332. The van der Waals surface area contributed by atoms with Crippen LogP contribution >= 0.6 is 0 Å². The molecule has 1 saturated heterocycles. The fourth-order valence-electron chi connectivity index (χ4n) is 4.63. The third-order valence-corrected chi connectivity index (χ3v) is 6.32. The van der Waals surface area contributed by atoms with E-state index in [-0.39, 0.29) is 12.0 Å². The number of fused-ring (bicyclic) bond motifs is 2. The van der Waals surface area contributed by atoms with Gasteiger partial charge in [0, 0.05) is 35.0 Å². The zero-order valence-corrected chi connectivity index (χ0v) is 20.1.